The Morgan fingerprint density at radius 3 is 2.32 bits per heavy atom. The number of nitrogens with zero attached hydrogens (tertiary/aromatic N) is 1. The molecule has 0 aliphatic rings. The Kier molecular flexibility index (Phi) is 3.99. The van der Waals surface area contributed by atoms with E-state index in [1.165, 1.54) is 27.8 Å². The average molecular weight is 308 g/mol. The first-order valence-corrected chi connectivity index (χ1v) is 8.28. The number of rotatable bonds is 3. The van der Waals surface area contributed by atoms with Crippen molar-refractivity contribution in [1.29, 1.82) is 0 Å². The van der Waals surface area contributed by atoms with E-state index < -0.39 is 0 Å². The summed E-state index contributed by atoms with van der Waals surface area (Å²) in [6, 6.07) is 12.9. The molecule has 0 unspecified atom stereocenters. The summed E-state index contributed by atoms with van der Waals surface area (Å²) in [6.45, 7) is 8.46. The van der Waals surface area contributed by atoms with Gasteiger partial charge in [0.1, 0.15) is 0 Å². The number of aromatic nitrogens is 1. The minimum atomic E-state index is 0.935. The van der Waals surface area contributed by atoms with Crippen LogP contribution in [-0.2, 0) is 0 Å². The lowest BCUT2D eigenvalue weighted by Crippen LogP contribution is -1.93. The Bertz CT molecular complexity index is 818. The number of anilines is 2. The molecule has 1 heterocycles. The van der Waals surface area contributed by atoms with Crippen LogP contribution in [0.1, 0.15) is 22.3 Å². The van der Waals surface area contributed by atoms with Crippen molar-refractivity contribution in [2.75, 3.05) is 5.32 Å². The molecule has 0 aliphatic heterocycles. The molecular formula is C19H20N2S. The maximum absolute atomic E-state index is 4.76. The van der Waals surface area contributed by atoms with E-state index in [4.69, 9.17) is 4.98 Å². The van der Waals surface area contributed by atoms with Crippen molar-refractivity contribution in [2.45, 2.75) is 27.7 Å². The second-order valence-electron chi connectivity index (χ2n) is 5.80. The Hall–Kier alpha value is -2.13. The molecular weight excluding hydrogens is 288 g/mol. The molecule has 3 heteroatoms. The van der Waals surface area contributed by atoms with E-state index in [-0.39, 0.29) is 0 Å². The minimum Gasteiger partial charge on any atom is -0.331 e. The van der Waals surface area contributed by atoms with Crippen LogP contribution in [0.2, 0.25) is 0 Å². The van der Waals surface area contributed by atoms with Gasteiger partial charge in [0.15, 0.2) is 5.13 Å². The molecule has 1 N–H and O–H groups in total. The van der Waals surface area contributed by atoms with E-state index in [1.807, 2.05) is 0 Å². The van der Waals surface area contributed by atoms with Crippen LogP contribution in [0.3, 0.4) is 0 Å². The molecule has 0 saturated carbocycles. The zero-order valence-electron chi connectivity index (χ0n) is 13.4. The Labute approximate surface area is 135 Å². The lowest BCUT2D eigenvalue weighted by atomic mass is 10.0. The van der Waals surface area contributed by atoms with Gasteiger partial charge in [-0.15, -0.1) is 11.3 Å². The highest BCUT2D eigenvalue weighted by Gasteiger charge is 2.08. The summed E-state index contributed by atoms with van der Waals surface area (Å²) in [6.07, 6.45) is 0. The van der Waals surface area contributed by atoms with Crippen molar-refractivity contribution in [3.63, 3.8) is 0 Å². The van der Waals surface area contributed by atoms with E-state index >= 15 is 0 Å². The van der Waals surface area contributed by atoms with Gasteiger partial charge < -0.3 is 5.32 Å². The van der Waals surface area contributed by atoms with Crippen LogP contribution in [0.4, 0.5) is 10.8 Å². The molecule has 0 amide bonds. The quantitative estimate of drug-likeness (QED) is 0.662. The average Bonchev–Trinajstić information content (AvgIpc) is 2.94. The number of aryl methyl sites for hydroxylation is 4. The molecule has 0 radical (unpaired) electrons. The summed E-state index contributed by atoms with van der Waals surface area (Å²) in [7, 11) is 0. The second kappa shape index (κ2) is 5.93. The smallest absolute Gasteiger partial charge is 0.187 e. The van der Waals surface area contributed by atoms with E-state index in [9.17, 15) is 0 Å². The SMILES string of the molecule is Cc1ccc(C)c(Nc2nc(-c3cc(C)ccc3C)cs2)c1. The van der Waals surface area contributed by atoms with Gasteiger partial charge in [-0.3, -0.25) is 0 Å². The molecule has 0 fully saturated rings. The summed E-state index contributed by atoms with van der Waals surface area (Å²) in [5.41, 5.74) is 8.38. The number of thiazole rings is 1. The van der Waals surface area contributed by atoms with E-state index in [0.717, 1.165) is 16.5 Å². The molecule has 0 atom stereocenters. The first-order valence-electron chi connectivity index (χ1n) is 7.40. The number of nitrogens with one attached hydrogen (secondary N) is 1. The molecule has 0 spiro atoms. The third kappa shape index (κ3) is 3.04. The number of hydrogen-bond donors (Lipinski definition) is 1. The molecule has 3 aromatic rings. The molecule has 2 nitrogen and oxygen atoms in total. The van der Waals surface area contributed by atoms with Crippen LogP contribution >= 0.6 is 11.3 Å². The lowest BCUT2D eigenvalue weighted by Gasteiger charge is -2.08. The molecule has 0 saturated heterocycles. The molecule has 3 rings (SSSR count). The highest BCUT2D eigenvalue weighted by atomic mass is 32.1. The van der Waals surface area contributed by atoms with Gasteiger partial charge in [0.25, 0.3) is 0 Å². The summed E-state index contributed by atoms with van der Waals surface area (Å²) in [5.74, 6) is 0. The third-order valence-corrected chi connectivity index (χ3v) is 4.57. The summed E-state index contributed by atoms with van der Waals surface area (Å²) >= 11 is 1.65. The maximum Gasteiger partial charge on any atom is 0.187 e. The fourth-order valence-corrected chi connectivity index (χ4v) is 3.18. The van der Waals surface area contributed by atoms with Crippen LogP contribution in [0, 0.1) is 27.7 Å². The lowest BCUT2D eigenvalue weighted by molar-refractivity contribution is 1.32. The fourth-order valence-electron chi connectivity index (χ4n) is 2.45. The second-order valence-corrected chi connectivity index (χ2v) is 6.66. The largest absolute Gasteiger partial charge is 0.331 e. The highest BCUT2D eigenvalue weighted by molar-refractivity contribution is 7.14. The predicted molar refractivity (Wildman–Crippen MR) is 96.2 cm³/mol. The van der Waals surface area contributed by atoms with Crippen LogP contribution < -0.4 is 5.32 Å². The van der Waals surface area contributed by atoms with Crippen molar-refractivity contribution in [3.8, 4) is 11.3 Å². The Balaban J connectivity index is 1.91. The van der Waals surface area contributed by atoms with Crippen molar-refractivity contribution in [1.82, 2.24) is 4.98 Å². The zero-order chi connectivity index (χ0) is 15.7. The van der Waals surface area contributed by atoms with Crippen LogP contribution in [0.5, 0.6) is 0 Å². The van der Waals surface area contributed by atoms with Gasteiger partial charge >= 0.3 is 0 Å². The topological polar surface area (TPSA) is 24.9 Å². The first kappa shape index (κ1) is 14.8. The molecule has 0 bridgehead atoms. The molecule has 22 heavy (non-hydrogen) atoms. The monoisotopic (exact) mass is 308 g/mol. The van der Waals surface area contributed by atoms with Crippen molar-refractivity contribution in [3.05, 3.63) is 64.0 Å². The van der Waals surface area contributed by atoms with Gasteiger partial charge in [-0.1, -0.05) is 29.8 Å². The van der Waals surface area contributed by atoms with Crippen molar-refractivity contribution < 1.29 is 0 Å². The minimum absolute atomic E-state index is 0.935. The van der Waals surface area contributed by atoms with Gasteiger partial charge in [-0.2, -0.15) is 0 Å². The zero-order valence-corrected chi connectivity index (χ0v) is 14.2. The summed E-state index contributed by atoms with van der Waals surface area (Å²) in [5, 5.41) is 6.50. The Morgan fingerprint density at radius 2 is 1.55 bits per heavy atom. The molecule has 2 aromatic carbocycles. The van der Waals surface area contributed by atoms with Gasteiger partial charge in [-0.05, 0) is 56.5 Å². The number of benzene rings is 2. The van der Waals surface area contributed by atoms with Crippen LogP contribution in [0.25, 0.3) is 11.3 Å². The summed E-state index contributed by atoms with van der Waals surface area (Å²) in [4.78, 5) is 4.76. The predicted octanol–water partition coefficient (Wildman–Crippen LogP) is 5.79. The molecule has 112 valence electrons. The first-order chi connectivity index (χ1) is 10.5. The van der Waals surface area contributed by atoms with Gasteiger partial charge in [0.05, 0.1) is 5.69 Å². The van der Waals surface area contributed by atoms with Crippen molar-refractivity contribution >= 4 is 22.2 Å². The standard InChI is InChI=1S/C19H20N2S/c1-12-5-7-14(3)16(9-12)18-11-22-19(21-18)20-17-10-13(2)6-8-15(17)4/h5-11H,1-4H3,(H,20,21). The number of hydrogen-bond acceptors (Lipinski definition) is 3. The van der Waals surface area contributed by atoms with Gasteiger partial charge in [0.2, 0.25) is 0 Å². The van der Waals surface area contributed by atoms with E-state index in [0.29, 0.717) is 0 Å². The Morgan fingerprint density at radius 1 is 0.864 bits per heavy atom. The summed E-state index contributed by atoms with van der Waals surface area (Å²) < 4.78 is 0. The van der Waals surface area contributed by atoms with E-state index in [2.05, 4.69) is 74.8 Å². The fraction of sp³-hybridized carbons (Fsp3) is 0.211. The van der Waals surface area contributed by atoms with Crippen molar-refractivity contribution in [2.24, 2.45) is 0 Å². The molecule has 1 aromatic heterocycles. The highest BCUT2D eigenvalue weighted by Crippen LogP contribution is 2.30. The maximum atomic E-state index is 4.76. The van der Waals surface area contributed by atoms with Gasteiger partial charge in [0, 0.05) is 16.6 Å². The van der Waals surface area contributed by atoms with Crippen LogP contribution in [-0.4, -0.2) is 4.98 Å². The third-order valence-electron chi connectivity index (χ3n) is 3.81. The normalized spacial score (nSPS) is 10.7. The molecule has 0 aliphatic carbocycles. The van der Waals surface area contributed by atoms with E-state index in [1.54, 1.807) is 11.3 Å². The van der Waals surface area contributed by atoms with Crippen LogP contribution in [0.15, 0.2) is 41.8 Å². The van der Waals surface area contributed by atoms with Gasteiger partial charge in [-0.25, -0.2) is 4.98 Å².